The maximum absolute atomic E-state index is 14.1. The van der Waals surface area contributed by atoms with Crippen LogP contribution in [0.3, 0.4) is 0 Å². The zero-order chi connectivity index (χ0) is 26.2. The zero-order valence-corrected chi connectivity index (χ0v) is 21.9. The number of carbonyl (C=O) groups is 2. The number of anilines is 3. The number of para-hydroxylation sites is 2. The molecule has 3 aromatic rings. The van der Waals surface area contributed by atoms with E-state index in [1.807, 2.05) is 19.1 Å². The van der Waals surface area contributed by atoms with Crippen molar-refractivity contribution in [1.82, 2.24) is 0 Å². The Labute approximate surface area is 212 Å². The third kappa shape index (κ3) is 4.86. The maximum atomic E-state index is 14.1. The average molecular weight is 506 g/mol. The second-order valence-electron chi connectivity index (χ2n) is 9.58. The molecule has 0 fully saturated rings. The molecule has 8 heteroatoms. The van der Waals surface area contributed by atoms with Crippen LogP contribution in [0.4, 0.5) is 17.1 Å². The van der Waals surface area contributed by atoms with Crippen LogP contribution in [0.25, 0.3) is 0 Å². The van der Waals surface area contributed by atoms with Gasteiger partial charge in [-0.05, 0) is 67.6 Å². The lowest BCUT2D eigenvalue weighted by Crippen LogP contribution is -2.52. The van der Waals surface area contributed by atoms with Crippen molar-refractivity contribution in [2.45, 2.75) is 57.9 Å². The van der Waals surface area contributed by atoms with Crippen molar-refractivity contribution in [1.29, 1.82) is 0 Å². The first-order valence-electron chi connectivity index (χ1n) is 11.9. The number of nitrogens with one attached hydrogen (secondary N) is 2. The van der Waals surface area contributed by atoms with Gasteiger partial charge in [-0.2, -0.15) is 0 Å². The topological polar surface area (TPSA) is 95.6 Å². The molecular formula is C28H31N3O4S. The highest BCUT2D eigenvalue weighted by Gasteiger charge is 2.43. The lowest BCUT2D eigenvalue weighted by Gasteiger charge is -2.37. The van der Waals surface area contributed by atoms with Crippen LogP contribution >= 0.6 is 0 Å². The van der Waals surface area contributed by atoms with Crippen LogP contribution in [0.1, 0.15) is 48.4 Å². The minimum Gasteiger partial charge on any atom is -0.326 e. The Kier molecular flexibility index (Phi) is 6.91. The molecule has 1 unspecified atom stereocenters. The Hall–Kier alpha value is -3.65. The van der Waals surface area contributed by atoms with E-state index in [4.69, 9.17) is 0 Å². The summed E-state index contributed by atoms with van der Waals surface area (Å²) in [5.74, 6) is -0.650. The molecule has 0 aliphatic carbocycles. The normalized spacial score (nSPS) is 15.4. The fourth-order valence-corrected chi connectivity index (χ4v) is 6.80. The van der Waals surface area contributed by atoms with Crippen LogP contribution in [0.2, 0.25) is 0 Å². The summed E-state index contributed by atoms with van der Waals surface area (Å²) in [6.07, 6.45) is -0.338. The molecule has 0 radical (unpaired) electrons. The van der Waals surface area contributed by atoms with Crippen LogP contribution < -0.4 is 14.9 Å². The van der Waals surface area contributed by atoms with Gasteiger partial charge in [-0.1, -0.05) is 55.8 Å². The van der Waals surface area contributed by atoms with Crippen LogP contribution in [-0.2, 0) is 19.6 Å². The van der Waals surface area contributed by atoms with Crippen LogP contribution in [0, 0.1) is 20.8 Å². The van der Waals surface area contributed by atoms with Crippen LogP contribution in [0.15, 0.2) is 65.6 Å². The fraction of sp³-hybridized carbons (Fsp3) is 0.286. The summed E-state index contributed by atoms with van der Waals surface area (Å²) in [4.78, 5) is 26.4. The molecule has 188 valence electrons. The van der Waals surface area contributed by atoms with E-state index in [9.17, 15) is 18.0 Å². The van der Waals surface area contributed by atoms with Gasteiger partial charge in [0.15, 0.2) is 0 Å². The van der Waals surface area contributed by atoms with Crippen LogP contribution in [-0.4, -0.2) is 26.3 Å². The minimum absolute atomic E-state index is 0.146. The molecule has 1 aliphatic heterocycles. The summed E-state index contributed by atoms with van der Waals surface area (Å²) in [7, 11) is -4.18. The SMILES string of the molecule is Cc1cc(C)c(S(=O)(=O)N2c3ccccc3NC(=O)C2CC(=O)Nc2ccc(C(C)C)cc2)c(C)c1. The number of amides is 2. The van der Waals surface area contributed by atoms with E-state index < -0.39 is 27.9 Å². The predicted molar refractivity (Wildman–Crippen MR) is 143 cm³/mol. The molecule has 0 aromatic heterocycles. The highest BCUT2D eigenvalue weighted by molar-refractivity contribution is 7.93. The third-order valence-electron chi connectivity index (χ3n) is 6.35. The second-order valence-corrected chi connectivity index (χ2v) is 11.3. The van der Waals surface area contributed by atoms with Gasteiger partial charge in [0.1, 0.15) is 6.04 Å². The van der Waals surface area contributed by atoms with Crippen molar-refractivity contribution < 1.29 is 18.0 Å². The molecule has 1 atom stereocenters. The van der Waals surface area contributed by atoms with Gasteiger partial charge >= 0.3 is 0 Å². The summed E-state index contributed by atoms with van der Waals surface area (Å²) in [5.41, 5.74) is 4.55. The standard InChI is InChI=1S/C28H31N3O4S/c1-17(2)21-10-12-22(13-11-21)29-26(32)16-25-28(33)30-23-8-6-7-9-24(23)31(25)36(34,35)27-19(4)14-18(3)15-20(27)5/h6-15,17,25H,16H2,1-5H3,(H,29,32)(H,30,33). The van der Waals surface area contributed by atoms with E-state index in [1.54, 1.807) is 62.4 Å². The highest BCUT2D eigenvalue weighted by Crippen LogP contribution is 2.38. The van der Waals surface area contributed by atoms with E-state index in [2.05, 4.69) is 24.5 Å². The molecule has 4 rings (SSSR count). The van der Waals surface area contributed by atoms with Crippen molar-refractivity contribution in [3.05, 3.63) is 82.9 Å². The first-order valence-corrected chi connectivity index (χ1v) is 13.3. The summed E-state index contributed by atoms with van der Waals surface area (Å²) in [6, 6.07) is 16.6. The number of carbonyl (C=O) groups excluding carboxylic acids is 2. The molecule has 0 saturated heterocycles. The van der Waals surface area contributed by atoms with Crippen molar-refractivity contribution in [2.24, 2.45) is 0 Å². The molecule has 0 bridgehead atoms. The summed E-state index contributed by atoms with van der Waals surface area (Å²) >= 11 is 0. The molecule has 0 spiro atoms. The maximum Gasteiger partial charge on any atom is 0.265 e. The Morgan fingerprint density at radius 1 is 1.00 bits per heavy atom. The van der Waals surface area contributed by atoms with Gasteiger partial charge in [-0.15, -0.1) is 0 Å². The van der Waals surface area contributed by atoms with Crippen molar-refractivity contribution >= 4 is 38.9 Å². The van der Waals surface area contributed by atoms with Crippen molar-refractivity contribution in [3.63, 3.8) is 0 Å². The molecule has 36 heavy (non-hydrogen) atoms. The minimum atomic E-state index is -4.18. The molecule has 7 nitrogen and oxygen atoms in total. The van der Waals surface area contributed by atoms with Crippen molar-refractivity contribution in [3.8, 4) is 0 Å². The highest BCUT2D eigenvalue weighted by atomic mass is 32.2. The van der Waals surface area contributed by atoms with Gasteiger partial charge in [0.25, 0.3) is 10.0 Å². The first kappa shape index (κ1) is 25.4. The molecule has 2 amide bonds. The first-order chi connectivity index (χ1) is 17.0. The monoisotopic (exact) mass is 505 g/mol. The van der Waals surface area contributed by atoms with Gasteiger partial charge in [0.2, 0.25) is 11.8 Å². The van der Waals surface area contributed by atoms with Gasteiger partial charge in [0, 0.05) is 5.69 Å². The predicted octanol–water partition coefficient (Wildman–Crippen LogP) is 5.28. The molecular weight excluding hydrogens is 474 g/mol. The Morgan fingerprint density at radius 2 is 1.61 bits per heavy atom. The largest absolute Gasteiger partial charge is 0.326 e. The number of benzene rings is 3. The van der Waals surface area contributed by atoms with Gasteiger partial charge < -0.3 is 10.6 Å². The van der Waals surface area contributed by atoms with E-state index in [0.717, 1.165) is 15.4 Å². The summed E-state index contributed by atoms with van der Waals surface area (Å²) in [6.45, 7) is 9.55. The smallest absolute Gasteiger partial charge is 0.265 e. The van der Waals surface area contributed by atoms with Gasteiger partial charge in [-0.25, -0.2) is 8.42 Å². The summed E-state index contributed by atoms with van der Waals surface area (Å²) in [5, 5.41) is 5.57. The lowest BCUT2D eigenvalue weighted by molar-refractivity contribution is -0.122. The van der Waals surface area contributed by atoms with Gasteiger partial charge in [-0.3, -0.25) is 13.9 Å². The van der Waals surface area contributed by atoms with Gasteiger partial charge in [0.05, 0.1) is 22.7 Å². The van der Waals surface area contributed by atoms with E-state index in [-0.39, 0.29) is 11.3 Å². The second kappa shape index (κ2) is 9.78. The van der Waals surface area contributed by atoms with Crippen LogP contribution in [0.5, 0.6) is 0 Å². The Morgan fingerprint density at radius 3 is 2.22 bits per heavy atom. The summed E-state index contributed by atoms with van der Waals surface area (Å²) < 4.78 is 29.3. The molecule has 3 aromatic carbocycles. The quantitative estimate of drug-likeness (QED) is 0.476. The zero-order valence-electron chi connectivity index (χ0n) is 21.1. The molecule has 0 saturated carbocycles. The molecule has 1 aliphatic rings. The third-order valence-corrected chi connectivity index (χ3v) is 8.48. The molecule has 2 N–H and O–H groups in total. The van der Waals surface area contributed by atoms with E-state index >= 15 is 0 Å². The number of hydrogen-bond acceptors (Lipinski definition) is 4. The number of sulfonamides is 1. The number of rotatable bonds is 6. The number of hydrogen-bond donors (Lipinski definition) is 2. The Bertz CT molecular complexity index is 1410. The number of aryl methyl sites for hydroxylation is 3. The fourth-order valence-electron chi connectivity index (χ4n) is 4.75. The number of fused-ring (bicyclic) bond motifs is 1. The average Bonchev–Trinajstić information content (AvgIpc) is 2.78. The Balaban J connectivity index is 1.72. The van der Waals surface area contributed by atoms with E-state index in [0.29, 0.717) is 34.1 Å². The van der Waals surface area contributed by atoms with E-state index in [1.165, 1.54) is 0 Å². The van der Waals surface area contributed by atoms with Crippen molar-refractivity contribution in [2.75, 3.05) is 14.9 Å². The lowest BCUT2D eigenvalue weighted by atomic mass is 10.0. The molecule has 1 heterocycles. The number of nitrogens with zero attached hydrogens (tertiary/aromatic N) is 1.